The van der Waals surface area contributed by atoms with Crippen molar-refractivity contribution < 1.29 is 23.9 Å². The Kier molecular flexibility index (Phi) is 10.6. The summed E-state index contributed by atoms with van der Waals surface area (Å²) in [6.07, 6.45) is 8.26. The fourth-order valence-corrected chi connectivity index (χ4v) is 6.34. The number of allylic oxidation sites excluding steroid dienone is 2. The number of ether oxygens (including phenoxy) is 1. The number of likely N-dealkylation sites (tertiary alicyclic amines) is 1. The molecule has 0 unspecified atom stereocenters. The van der Waals surface area contributed by atoms with E-state index < -0.39 is 17.5 Å². The van der Waals surface area contributed by atoms with Gasteiger partial charge in [0.15, 0.2) is 0 Å². The number of amides is 4. The summed E-state index contributed by atoms with van der Waals surface area (Å²) in [6.45, 7) is 7.55. The van der Waals surface area contributed by atoms with Crippen LogP contribution in [0.1, 0.15) is 64.9 Å². The van der Waals surface area contributed by atoms with E-state index in [-0.39, 0.29) is 41.5 Å². The highest BCUT2D eigenvalue weighted by Crippen LogP contribution is 2.36. The minimum atomic E-state index is -0.705. The number of carbonyl (C=O) groups is 4. The Morgan fingerprint density at radius 2 is 1.83 bits per heavy atom. The molecule has 1 aromatic carbocycles. The van der Waals surface area contributed by atoms with Crippen molar-refractivity contribution >= 4 is 23.6 Å². The highest BCUT2D eigenvalue weighted by Gasteiger charge is 2.42. The van der Waals surface area contributed by atoms with Gasteiger partial charge in [-0.05, 0) is 50.0 Å². The van der Waals surface area contributed by atoms with Gasteiger partial charge in [0.05, 0.1) is 5.41 Å². The first-order valence-corrected chi connectivity index (χ1v) is 15.1. The lowest BCUT2D eigenvalue weighted by atomic mass is 9.75. The number of benzene rings is 1. The van der Waals surface area contributed by atoms with E-state index in [1.807, 2.05) is 49.1 Å². The van der Waals surface area contributed by atoms with E-state index in [0.29, 0.717) is 71.2 Å². The average Bonchev–Trinajstić information content (AvgIpc) is 2.95. The maximum absolute atomic E-state index is 13.8. The van der Waals surface area contributed by atoms with Crippen LogP contribution in [0.5, 0.6) is 0 Å². The number of hydrogen-bond donors (Lipinski definition) is 3. The molecule has 3 heterocycles. The highest BCUT2D eigenvalue weighted by molar-refractivity contribution is 5.91. The molecule has 0 bridgehead atoms. The van der Waals surface area contributed by atoms with Gasteiger partial charge < -0.3 is 25.6 Å². The number of carbonyl (C=O) groups excluding carboxylic acids is 4. The number of fused-ring (bicyclic) bond motifs is 1. The van der Waals surface area contributed by atoms with E-state index >= 15 is 0 Å². The van der Waals surface area contributed by atoms with Crippen LogP contribution < -0.4 is 16.0 Å². The van der Waals surface area contributed by atoms with Gasteiger partial charge in [0.1, 0.15) is 12.1 Å². The highest BCUT2D eigenvalue weighted by atomic mass is 16.5. The van der Waals surface area contributed by atoms with Gasteiger partial charge in [-0.2, -0.15) is 0 Å². The molecule has 4 amide bonds. The first kappa shape index (κ1) is 30.8. The number of piperidine rings is 1. The summed E-state index contributed by atoms with van der Waals surface area (Å²) in [5, 5.41) is 9.22. The largest absolute Gasteiger partial charge is 0.381 e. The second kappa shape index (κ2) is 14.1. The molecule has 1 aromatic rings. The minimum absolute atomic E-state index is 0.0167. The zero-order chi connectivity index (χ0) is 29.4. The molecule has 3 N–H and O–H groups in total. The number of nitrogens with zero attached hydrogens (tertiary/aromatic N) is 1. The number of rotatable bonds is 6. The van der Waals surface area contributed by atoms with E-state index in [4.69, 9.17) is 4.74 Å². The smallest absolute Gasteiger partial charge is 0.245 e. The van der Waals surface area contributed by atoms with Crippen LogP contribution in [-0.2, 0) is 30.3 Å². The third-order valence-corrected chi connectivity index (χ3v) is 8.71. The van der Waals surface area contributed by atoms with Crippen molar-refractivity contribution in [2.45, 2.75) is 83.8 Å². The van der Waals surface area contributed by atoms with Crippen molar-refractivity contribution in [3.8, 4) is 0 Å². The van der Waals surface area contributed by atoms with E-state index in [0.717, 1.165) is 5.56 Å². The second-order valence-corrected chi connectivity index (χ2v) is 12.4. The summed E-state index contributed by atoms with van der Waals surface area (Å²) in [5.41, 5.74) is 0.367. The van der Waals surface area contributed by atoms with Gasteiger partial charge in [-0.3, -0.25) is 19.2 Å². The number of hydrogen-bond acceptors (Lipinski definition) is 5. The molecule has 224 valence electrons. The van der Waals surface area contributed by atoms with Gasteiger partial charge in [0.2, 0.25) is 23.6 Å². The molecule has 1 spiro atoms. The lowest BCUT2D eigenvalue weighted by Gasteiger charge is -2.41. The summed E-state index contributed by atoms with van der Waals surface area (Å²) in [6, 6.07) is 8.35. The molecule has 9 heteroatoms. The Morgan fingerprint density at radius 3 is 2.51 bits per heavy atom. The lowest BCUT2D eigenvalue weighted by molar-refractivity contribution is -0.141. The van der Waals surface area contributed by atoms with Gasteiger partial charge >= 0.3 is 0 Å². The van der Waals surface area contributed by atoms with Gasteiger partial charge in [-0.15, -0.1) is 0 Å². The summed E-state index contributed by atoms with van der Waals surface area (Å²) < 4.78 is 5.59. The van der Waals surface area contributed by atoms with E-state index in [1.165, 1.54) is 6.92 Å². The third kappa shape index (κ3) is 8.18. The first-order chi connectivity index (χ1) is 19.7. The van der Waals surface area contributed by atoms with E-state index in [9.17, 15) is 19.2 Å². The summed E-state index contributed by atoms with van der Waals surface area (Å²) in [5.74, 6) is -0.292. The molecular formula is C32H46N4O5. The van der Waals surface area contributed by atoms with Gasteiger partial charge in [0.25, 0.3) is 0 Å². The van der Waals surface area contributed by atoms with Crippen LogP contribution in [0.15, 0.2) is 42.5 Å². The monoisotopic (exact) mass is 566 g/mol. The maximum atomic E-state index is 13.8. The van der Waals surface area contributed by atoms with Gasteiger partial charge in [-0.25, -0.2) is 0 Å². The van der Waals surface area contributed by atoms with Gasteiger partial charge in [0, 0.05) is 51.6 Å². The molecule has 3 aliphatic rings. The molecule has 3 aliphatic heterocycles. The quantitative estimate of drug-likeness (QED) is 0.458. The molecule has 2 fully saturated rings. The zero-order valence-electron chi connectivity index (χ0n) is 24.7. The van der Waals surface area contributed by atoms with Crippen LogP contribution in [0.2, 0.25) is 0 Å². The van der Waals surface area contributed by atoms with Crippen molar-refractivity contribution in [3.05, 3.63) is 48.0 Å². The zero-order valence-corrected chi connectivity index (χ0v) is 24.7. The Balaban J connectivity index is 1.57. The summed E-state index contributed by atoms with van der Waals surface area (Å²) in [7, 11) is 0. The predicted molar refractivity (Wildman–Crippen MR) is 157 cm³/mol. The molecule has 0 aliphatic carbocycles. The molecule has 0 radical (unpaired) electrons. The molecule has 9 nitrogen and oxygen atoms in total. The van der Waals surface area contributed by atoms with Crippen molar-refractivity contribution in [3.63, 3.8) is 0 Å². The second-order valence-electron chi connectivity index (χ2n) is 12.4. The lowest BCUT2D eigenvalue weighted by Crippen LogP contribution is -2.59. The van der Waals surface area contributed by atoms with Crippen LogP contribution in [0, 0.1) is 17.3 Å². The average molecular weight is 567 g/mol. The Hall–Kier alpha value is -3.20. The van der Waals surface area contributed by atoms with Crippen molar-refractivity contribution in [2.75, 3.05) is 26.3 Å². The Morgan fingerprint density at radius 1 is 1.10 bits per heavy atom. The Labute approximate surface area is 243 Å². The molecule has 41 heavy (non-hydrogen) atoms. The topological polar surface area (TPSA) is 117 Å². The fraction of sp³-hybridized carbons (Fsp3) is 0.625. The molecule has 0 aromatic heterocycles. The minimum Gasteiger partial charge on any atom is -0.381 e. The molecule has 4 atom stereocenters. The van der Waals surface area contributed by atoms with Crippen LogP contribution >= 0.6 is 0 Å². The van der Waals surface area contributed by atoms with Crippen LogP contribution in [-0.4, -0.2) is 73.0 Å². The SMILES string of the molecule is CC(=O)N[C@H](CC(C)C)C(=O)N1CC[C@@H]2NC(=O)[C@H](Cc3ccccc3)NC(=O)C3(C/C=C/C[C@@H]2C1)CCOCC3. The maximum Gasteiger partial charge on any atom is 0.245 e. The fourth-order valence-electron chi connectivity index (χ4n) is 6.34. The van der Waals surface area contributed by atoms with Crippen LogP contribution in [0.3, 0.4) is 0 Å². The van der Waals surface area contributed by atoms with E-state index in [2.05, 4.69) is 28.1 Å². The molecule has 2 saturated heterocycles. The Bertz CT molecular complexity index is 1100. The van der Waals surface area contributed by atoms with Gasteiger partial charge in [-0.1, -0.05) is 56.3 Å². The molecule has 0 saturated carbocycles. The predicted octanol–water partition coefficient (Wildman–Crippen LogP) is 2.74. The van der Waals surface area contributed by atoms with Crippen molar-refractivity contribution in [1.82, 2.24) is 20.9 Å². The van der Waals surface area contributed by atoms with Crippen molar-refractivity contribution in [1.29, 1.82) is 0 Å². The molecular weight excluding hydrogens is 520 g/mol. The molecule has 4 rings (SSSR count). The van der Waals surface area contributed by atoms with E-state index in [1.54, 1.807) is 0 Å². The van der Waals surface area contributed by atoms with Crippen LogP contribution in [0.25, 0.3) is 0 Å². The normalized spacial score (nSPS) is 26.5. The number of nitrogens with one attached hydrogen (secondary N) is 3. The van der Waals surface area contributed by atoms with Crippen molar-refractivity contribution in [2.24, 2.45) is 17.3 Å². The summed E-state index contributed by atoms with van der Waals surface area (Å²) >= 11 is 0. The van der Waals surface area contributed by atoms with Crippen LogP contribution in [0.4, 0.5) is 0 Å². The standard InChI is InChI=1S/C32H46N4O5/c1-22(2)19-28(33-23(3)37)30(39)36-16-12-26-25(21-36)11-7-8-13-32(14-17-41-18-15-32)31(40)35-27(29(38)34-26)20-24-9-5-4-6-10-24/h4-10,22,25-28H,11-21H2,1-3H3,(H,33,37)(H,34,38)(H,35,40)/b8-7+/t25-,26+,27+,28-/m1/s1. The summed E-state index contributed by atoms with van der Waals surface area (Å²) in [4.78, 5) is 54.7. The third-order valence-electron chi connectivity index (χ3n) is 8.71. The first-order valence-electron chi connectivity index (χ1n) is 15.1.